The topological polar surface area (TPSA) is 46.9 Å². The predicted octanol–water partition coefficient (Wildman–Crippen LogP) is 2.58. The molecule has 0 aromatic carbocycles. The Bertz CT molecular complexity index is 674. The number of pyridine rings is 1. The number of nitrogens with one attached hydrogen (secondary N) is 1. The zero-order valence-corrected chi connectivity index (χ0v) is 11.2. The van der Waals surface area contributed by atoms with E-state index in [1.807, 2.05) is 0 Å². The molecule has 21 heavy (non-hydrogen) atoms. The molecule has 0 aliphatic heterocycles. The van der Waals surface area contributed by atoms with Gasteiger partial charge >= 0.3 is 6.18 Å². The predicted molar refractivity (Wildman–Crippen MR) is 70.5 cm³/mol. The van der Waals surface area contributed by atoms with Gasteiger partial charge in [-0.2, -0.15) is 13.2 Å². The molecule has 7 heteroatoms. The van der Waals surface area contributed by atoms with E-state index in [0.29, 0.717) is 5.39 Å². The van der Waals surface area contributed by atoms with Gasteiger partial charge in [-0.25, -0.2) is 4.98 Å². The van der Waals surface area contributed by atoms with Crippen LogP contribution in [0.5, 0.6) is 0 Å². The Hall–Kier alpha value is -2.05. The molecular formula is C14H14F3N3O. The molecule has 0 saturated heterocycles. The molecule has 2 aromatic heterocycles. The van der Waals surface area contributed by atoms with Gasteiger partial charge in [0.05, 0.1) is 0 Å². The van der Waals surface area contributed by atoms with Crippen molar-refractivity contribution in [3.63, 3.8) is 0 Å². The van der Waals surface area contributed by atoms with Crippen LogP contribution in [0.15, 0.2) is 24.4 Å². The molecule has 1 N–H and O–H groups in total. The molecule has 1 aliphatic rings. The smallest absolute Gasteiger partial charge is 0.354 e. The molecule has 1 amide bonds. The zero-order chi connectivity index (χ0) is 15.0. The lowest BCUT2D eigenvalue weighted by Crippen LogP contribution is -2.29. The van der Waals surface area contributed by atoms with Crippen molar-refractivity contribution in [3.8, 4) is 0 Å². The number of nitrogens with zero attached hydrogens (tertiary/aromatic N) is 2. The standard InChI is InChI=1S/C14H14F3N3O/c15-14(16,17)11-8-10-2-1-5-18-12(10)20(11)7-6-19-13(21)9-3-4-9/h1-2,5,8-9H,3-4,6-7H2,(H,19,21). The number of carbonyl (C=O) groups is 1. The minimum Gasteiger partial charge on any atom is -0.354 e. The van der Waals surface area contributed by atoms with E-state index in [9.17, 15) is 18.0 Å². The van der Waals surface area contributed by atoms with Gasteiger partial charge in [-0.05, 0) is 31.0 Å². The van der Waals surface area contributed by atoms with Crippen molar-refractivity contribution in [1.82, 2.24) is 14.9 Å². The number of amides is 1. The molecule has 1 aliphatic carbocycles. The van der Waals surface area contributed by atoms with Gasteiger partial charge in [0.25, 0.3) is 0 Å². The van der Waals surface area contributed by atoms with E-state index >= 15 is 0 Å². The summed E-state index contributed by atoms with van der Waals surface area (Å²) in [5, 5.41) is 3.11. The average Bonchev–Trinajstić information content (AvgIpc) is 3.20. The van der Waals surface area contributed by atoms with Crippen molar-refractivity contribution >= 4 is 16.9 Å². The lowest BCUT2D eigenvalue weighted by molar-refractivity contribution is -0.143. The van der Waals surface area contributed by atoms with Crippen LogP contribution in [0.1, 0.15) is 18.5 Å². The normalized spacial score (nSPS) is 15.4. The molecule has 2 aromatic rings. The van der Waals surface area contributed by atoms with E-state index in [4.69, 9.17) is 0 Å². The SMILES string of the molecule is O=C(NCCn1c(C(F)(F)F)cc2cccnc21)C1CC1. The van der Waals surface area contributed by atoms with Crippen molar-refractivity contribution in [2.24, 2.45) is 5.92 Å². The maximum absolute atomic E-state index is 13.1. The first-order valence-corrected chi connectivity index (χ1v) is 6.76. The molecule has 0 spiro atoms. The van der Waals surface area contributed by atoms with Gasteiger partial charge < -0.3 is 9.88 Å². The Morgan fingerprint density at radius 1 is 1.43 bits per heavy atom. The van der Waals surface area contributed by atoms with Crippen molar-refractivity contribution in [1.29, 1.82) is 0 Å². The molecule has 2 heterocycles. The van der Waals surface area contributed by atoms with Crippen LogP contribution in [0.25, 0.3) is 11.0 Å². The number of fused-ring (bicyclic) bond motifs is 1. The Morgan fingerprint density at radius 3 is 2.86 bits per heavy atom. The van der Waals surface area contributed by atoms with Gasteiger partial charge in [-0.1, -0.05) is 0 Å². The van der Waals surface area contributed by atoms with Crippen molar-refractivity contribution in [3.05, 3.63) is 30.1 Å². The maximum Gasteiger partial charge on any atom is 0.431 e. The number of rotatable bonds is 4. The maximum atomic E-state index is 13.1. The van der Waals surface area contributed by atoms with Gasteiger partial charge in [0.1, 0.15) is 11.3 Å². The summed E-state index contributed by atoms with van der Waals surface area (Å²) in [6, 6.07) is 4.28. The molecule has 0 unspecified atom stereocenters. The van der Waals surface area contributed by atoms with Gasteiger partial charge in [0, 0.05) is 30.6 Å². The summed E-state index contributed by atoms with van der Waals surface area (Å²) in [5.41, 5.74) is -0.456. The summed E-state index contributed by atoms with van der Waals surface area (Å²) in [4.78, 5) is 15.5. The van der Waals surface area contributed by atoms with E-state index in [-0.39, 0.29) is 30.6 Å². The van der Waals surface area contributed by atoms with Crippen LogP contribution in [-0.4, -0.2) is 22.0 Å². The van der Waals surface area contributed by atoms with E-state index < -0.39 is 11.9 Å². The summed E-state index contributed by atoms with van der Waals surface area (Å²) >= 11 is 0. The molecule has 0 radical (unpaired) electrons. The third-order valence-electron chi connectivity index (χ3n) is 3.53. The number of halogens is 3. The number of carbonyl (C=O) groups excluding carboxylic acids is 1. The van der Waals surface area contributed by atoms with Crippen LogP contribution >= 0.6 is 0 Å². The first-order chi connectivity index (χ1) is 9.97. The lowest BCUT2D eigenvalue weighted by atomic mass is 10.3. The van der Waals surface area contributed by atoms with E-state index in [0.717, 1.165) is 23.5 Å². The lowest BCUT2D eigenvalue weighted by Gasteiger charge is -2.13. The quantitative estimate of drug-likeness (QED) is 0.943. The summed E-state index contributed by atoms with van der Waals surface area (Å²) in [6.45, 7) is 0.215. The first kappa shape index (κ1) is 13.9. The van der Waals surface area contributed by atoms with Gasteiger partial charge in [-0.15, -0.1) is 0 Å². The number of hydrogen-bond donors (Lipinski definition) is 1. The molecule has 3 rings (SSSR count). The highest BCUT2D eigenvalue weighted by atomic mass is 19.4. The largest absolute Gasteiger partial charge is 0.431 e. The second kappa shape index (κ2) is 5.05. The van der Waals surface area contributed by atoms with Crippen LogP contribution < -0.4 is 5.32 Å². The fourth-order valence-electron chi connectivity index (χ4n) is 2.33. The Labute approximate surface area is 119 Å². The minimum atomic E-state index is -4.44. The second-order valence-corrected chi connectivity index (χ2v) is 5.16. The molecule has 0 bridgehead atoms. The highest BCUT2D eigenvalue weighted by Crippen LogP contribution is 2.33. The van der Waals surface area contributed by atoms with E-state index in [1.54, 1.807) is 12.1 Å². The Morgan fingerprint density at radius 2 is 2.19 bits per heavy atom. The summed E-state index contributed by atoms with van der Waals surface area (Å²) in [6.07, 6.45) is -1.25. The van der Waals surface area contributed by atoms with Gasteiger partial charge in [-0.3, -0.25) is 4.79 Å². The number of alkyl halides is 3. The zero-order valence-electron chi connectivity index (χ0n) is 11.2. The molecule has 0 atom stereocenters. The molecular weight excluding hydrogens is 283 g/mol. The number of aromatic nitrogens is 2. The van der Waals surface area contributed by atoms with Crippen LogP contribution in [0.3, 0.4) is 0 Å². The minimum absolute atomic E-state index is 0.0478. The van der Waals surface area contributed by atoms with Crippen LogP contribution in [0, 0.1) is 5.92 Å². The third-order valence-corrected chi connectivity index (χ3v) is 3.53. The summed E-state index contributed by atoms with van der Waals surface area (Å²) in [7, 11) is 0. The highest BCUT2D eigenvalue weighted by molar-refractivity contribution is 5.81. The van der Waals surface area contributed by atoms with Crippen molar-refractivity contribution in [2.75, 3.05) is 6.54 Å². The van der Waals surface area contributed by atoms with Crippen LogP contribution in [0.4, 0.5) is 13.2 Å². The second-order valence-electron chi connectivity index (χ2n) is 5.16. The third kappa shape index (κ3) is 2.86. The monoisotopic (exact) mass is 297 g/mol. The van der Waals surface area contributed by atoms with E-state index in [1.165, 1.54) is 6.20 Å². The van der Waals surface area contributed by atoms with Crippen LogP contribution in [-0.2, 0) is 17.5 Å². The molecule has 112 valence electrons. The molecule has 4 nitrogen and oxygen atoms in total. The summed E-state index contributed by atoms with van der Waals surface area (Å²) in [5.74, 6) is -0.0282. The average molecular weight is 297 g/mol. The summed E-state index contributed by atoms with van der Waals surface area (Å²) < 4.78 is 40.3. The fourth-order valence-corrected chi connectivity index (χ4v) is 2.33. The van der Waals surface area contributed by atoms with E-state index in [2.05, 4.69) is 10.3 Å². The fraction of sp³-hybridized carbons (Fsp3) is 0.429. The Kier molecular flexibility index (Phi) is 3.35. The highest BCUT2D eigenvalue weighted by Gasteiger charge is 2.35. The van der Waals surface area contributed by atoms with Gasteiger partial charge in [0.15, 0.2) is 0 Å². The van der Waals surface area contributed by atoms with Crippen molar-refractivity contribution in [2.45, 2.75) is 25.6 Å². The molecule has 1 saturated carbocycles. The van der Waals surface area contributed by atoms with Gasteiger partial charge in [0.2, 0.25) is 5.91 Å². The first-order valence-electron chi connectivity index (χ1n) is 6.76. The Balaban J connectivity index is 1.83. The van der Waals surface area contributed by atoms with Crippen molar-refractivity contribution < 1.29 is 18.0 Å². The van der Waals surface area contributed by atoms with Crippen LogP contribution in [0.2, 0.25) is 0 Å². The number of hydrogen-bond acceptors (Lipinski definition) is 2. The molecule has 1 fully saturated rings.